The fraction of sp³-hybridized carbons (Fsp3) is 0.348. The van der Waals surface area contributed by atoms with E-state index in [1.807, 2.05) is 18.2 Å². The molecule has 0 radical (unpaired) electrons. The van der Waals surface area contributed by atoms with Crippen LogP contribution in [0.5, 0.6) is 0 Å². The highest BCUT2D eigenvalue weighted by Crippen LogP contribution is 2.28. The van der Waals surface area contributed by atoms with Gasteiger partial charge in [0.2, 0.25) is 11.6 Å². The second-order valence-corrected chi connectivity index (χ2v) is 8.80. The second-order valence-electron chi connectivity index (χ2n) is 8.80. The topological polar surface area (TPSA) is 79.3 Å². The van der Waals surface area contributed by atoms with E-state index in [1.54, 1.807) is 12.1 Å². The van der Waals surface area contributed by atoms with Crippen molar-refractivity contribution in [1.29, 1.82) is 0 Å². The molecule has 0 N–H and O–H groups in total. The Morgan fingerprint density at radius 2 is 1.53 bits per heavy atom. The van der Waals surface area contributed by atoms with Gasteiger partial charge in [0.1, 0.15) is 17.1 Å². The molecule has 1 aromatic carbocycles. The SMILES string of the molecule is CC(C)(C)N1CCN(c2ccc3nc4c(nc3c2)C(=O)c2ncccc2C4=O)CC1. The van der Waals surface area contributed by atoms with Crippen LogP contribution in [0.15, 0.2) is 36.5 Å². The molecule has 7 heteroatoms. The van der Waals surface area contributed by atoms with Gasteiger partial charge in [-0.3, -0.25) is 19.5 Å². The fourth-order valence-corrected chi connectivity index (χ4v) is 4.20. The van der Waals surface area contributed by atoms with Crippen LogP contribution in [0, 0.1) is 0 Å². The van der Waals surface area contributed by atoms with Gasteiger partial charge in [-0.1, -0.05) is 0 Å². The largest absolute Gasteiger partial charge is 0.369 e. The number of anilines is 1. The molecular formula is C23H23N5O2. The average molecular weight is 401 g/mol. The Balaban J connectivity index is 1.50. The van der Waals surface area contributed by atoms with Crippen LogP contribution in [0.2, 0.25) is 0 Å². The number of fused-ring (bicyclic) bond motifs is 3. The number of carbonyl (C=O) groups is 2. The summed E-state index contributed by atoms with van der Waals surface area (Å²) in [6, 6.07) is 9.11. The predicted molar refractivity (Wildman–Crippen MR) is 114 cm³/mol. The van der Waals surface area contributed by atoms with Gasteiger partial charge in [-0.05, 0) is 51.1 Å². The van der Waals surface area contributed by atoms with E-state index in [9.17, 15) is 9.59 Å². The number of ketones is 2. The van der Waals surface area contributed by atoms with E-state index in [4.69, 9.17) is 0 Å². The third kappa shape index (κ3) is 2.97. The first-order valence-electron chi connectivity index (χ1n) is 10.2. The summed E-state index contributed by atoms with van der Waals surface area (Å²) in [5.41, 5.74) is 3.09. The third-order valence-corrected chi connectivity index (χ3v) is 5.94. The number of piperazine rings is 1. The fourth-order valence-electron chi connectivity index (χ4n) is 4.20. The molecule has 3 aromatic rings. The first-order valence-corrected chi connectivity index (χ1v) is 10.2. The molecule has 3 heterocycles. The number of benzene rings is 1. The minimum absolute atomic E-state index is 0.0911. The first-order chi connectivity index (χ1) is 14.3. The van der Waals surface area contributed by atoms with Crippen molar-refractivity contribution < 1.29 is 9.59 Å². The van der Waals surface area contributed by atoms with Gasteiger partial charge in [-0.15, -0.1) is 0 Å². The molecule has 1 aliphatic heterocycles. The Labute approximate surface area is 174 Å². The lowest BCUT2D eigenvalue weighted by Crippen LogP contribution is -2.53. The van der Waals surface area contributed by atoms with E-state index in [0.29, 0.717) is 11.0 Å². The molecule has 0 saturated carbocycles. The van der Waals surface area contributed by atoms with Crippen LogP contribution in [0.4, 0.5) is 5.69 Å². The van der Waals surface area contributed by atoms with Gasteiger partial charge in [0, 0.05) is 43.6 Å². The molecule has 0 unspecified atom stereocenters. The van der Waals surface area contributed by atoms with Crippen molar-refractivity contribution in [1.82, 2.24) is 19.9 Å². The normalized spacial score (nSPS) is 17.2. The third-order valence-electron chi connectivity index (χ3n) is 5.94. The van der Waals surface area contributed by atoms with Gasteiger partial charge in [0.25, 0.3) is 0 Å². The quantitative estimate of drug-likeness (QED) is 0.485. The maximum atomic E-state index is 12.9. The number of nitrogens with zero attached hydrogens (tertiary/aromatic N) is 5. The number of pyridine rings is 1. The highest BCUT2D eigenvalue weighted by Gasteiger charge is 2.34. The Morgan fingerprint density at radius 1 is 0.833 bits per heavy atom. The summed E-state index contributed by atoms with van der Waals surface area (Å²) in [5.74, 6) is -0.650. The van der Waals surface area contributed by atoms with Crippen LogP contribution in [-0.2, 0) is 0 Å². The summed E-state index contributed by atoms with van der Waals surface area (Å²) in [7, 11) is 0. The summed E-state index contributed by atoms with van der Waals surface area (Å²) < 4.78 is 0. The van der Waals surface area contributed by atoms with Crippen molar-refractivity contribution in [2.75, 3.05) is 31.1 Å². The lowest BCUT2D eigenvalue weighted by Gasteiger charge is -2.43. The Kier molecular flexibility index (Phi) is 4.18. The molecule has 2 aromatic heterocycles. The number of hydrogen-bond donors (Lipinski definition) is 0. The molecule has 7 nitrogen and oxygen atoms in total. The predicted octanol–water partition coefficient (Wildman–Crippen LogP) is 2.72. The molecule has 0 atom stereocenters. The number of aromatic nitrogens is 3. The lowest BCUT2D eigenvalue weighted by atomic mass is 9.93. The standard InChI is InChI=1S/C23H23N5O2/c1-23(2,3)28-11-9-27(10-12-28)14-6-7-16-17(13-14)26-20-19(25-16)21(29)15-5-4-8-24-18(15)22(20)30/h4-8,13H,9-12H2,1-3H3. The summed E-state index contributed by atoms with van der Waals surface area (Å²) in [5, 5.41) is 0. The maximum Gasteiger partial charge on any atom is 0.232 e. The Bertz CT molecular complexity index is 1190. The van der Waals surface area contributed by atoms with Crippen molar-refractivity contribution in [3.63, 3.8) is 0 Å². The molecule has 0 spiro atoms. The van der Waals surface area contributed by atoms with Crippen molar-refractivity contribution in [2.24, 2.45) is 0 Å². The first kappa shape index (κ1) is 18.8. The molecule has 152 valence electrons. The van der Waals surface area contributed by atoms with E-state index in [2.05, 4.69) is 45.5 Å². The molecule has 2 aliphatic rings. The molecule has 5 rings (SSSR count). The van der Waals surface area contributed by atoms with Gasteiger partial charge < -0.3 is 4.90 Å². The van der Waals surface area contributed by atoms with Gasteiger partial charge in [-0.2, -0.15) is 0 Å². The summed E-state index contributed by atoms with van der Waals surface area (Å²) in [6.45, 7) is 10.6. The van der Waals surface area contributed by atoms with E-state index < -0.39 is 0 Å². The zero-order chi connectivity index (χ0) is 21.0. The van der Waals surface area contributed by atoms with Crippen molar-refractivity contribution in [2.45, 2.75) is 26.3 Å². The molecule has 1 aliphatic carbocycles. The van der Waals surface area contributed by atoms with E-state index in [0.717, 1.165) is 31.9 Å². The minimum Gasteiger partial charge on any atom is -0.369 e. The number of rotatable bonds is 1. The zero-order valence-corrected chi connectivity index (χ0v) is 17.3. The average Bonchev–Trinajstić information content (AvgIpc) is 2.75. The Morgan fingerprint density at radius 3 is 2.27 bits per heavy atom. The summed E-state index contributed by atoms with van der Waals surface area (Å²) in [4.78, 5) is 43.6. The van der Waals surface area contributed by atoms with Crippen LogP contribution < -0.4 is 4.90 Å². The van der Waals surface area contributed by atoms with Gasteiger partial charge in [0.15, 0.2) is 0 Å². The Hall–Kier alpha value is -3.19. The van der Waals surface area contributed by atoms with Crippen LogP contribution in [0.25, 0.3) is 11.0 Å². The van der Waals surface area contributed by atoms with Crippen LogP contribution in [0.3, 0.4) is 0 Å². The number of carbonyl (C=O) groups excluding carboxylic acids is 2. The van der Waals surface area contributed by atoms with Crippen LogP contribution >= 0.6 is 0 Å². The van der Waals surface area contributed by atoms with Gasteiger partial charge in [-0.25, -0.2) is 9.97 Å². The molecule has 30 heavy (non-hydrogen) atoms. The molecule has 1 fully saturated rings. The van der Waals surface area contributed by atoms with Gasteiger partial charge in [0.05, 0.1) is 16.6 Å². The van der Waals surface area contributed by atoms with Crippen molar-refractivity contribution in [3.05, 3.63) is 59.2 Å². The van der Waals surface area contributed by atoms with Crippen molar-refractivity contribution in [3.8, 4) is 0 Å². The monoisotopic (exact) mass is 401 g/mol. The van der Waals surface area contributed by atoms with E-state index in [-0.39, 0.29) is 39.8 Å². The van der Waals surface area contributed by atoms with E-state index in [1.165, 1.54) is 6.20 Å². The molecular weight excluding hydrogens is 378 g/mol. The maximum absolute atomic E-state index is 12.9. The zero-order valence-electron chi connectivity index (χ0n) is 17.3. The molecule has 1 saturated heterocycles. The number of hydrogen-bond acceptors (Lipinski definition) is 7. The second kappa shape index (κ2) is 6.67. The highest BCUT2D eigenvalue weighted by molar-refractivity contribution is 6.26. The summed E-state index contributed by atoms with van der Waals surface area (Å²) >= 11 is 0. The van der Waals surface area contributed by atoms with Crippen LogP contribution in [-0.4, -0.2) is 63.1 Å². The smallest absolute Gasteiger partial charge is 0.232 e. The van der Waals surface area contributed by atoms with Gasteiger partial charge >= 0.3 is 0 Å². The highest BCUT2D eigenvalue weighted by atomic mass is 16.1. The van der Waals surface area contributed by atoms with Crippen molar-refractivity contribution >= 4 is 28.3 Å². The lowest BCUT2D eigenvalue weighted by molar-refractivity contribution is 0.0968. The minimum atomic E-state index is -0.348. The summed E-state index contributed by atoms with van der Waals surface area (Å²) in [6.07, 6.45) is 1.51. The van der Waals surface area contributed by atoms with E-state index >= 15 is 0 Å². The molecule has 0 amide bonds. The van der Waals surface area contributed by atoms with Crippen LogP contribution in [0.1, 0.15) is 53.0 Å². The molecule has 0 bridgehead atoms.